The number of carbonyl (C=O) groups excluding carboxylic acids is 2. The summed E-state index contributed by atoms with van der Waals surface area (Å²) in [6, 6.07) is 11.1. The van der Waals surface area contributed by atoms with Crippen LogP contribution < -0.4 is 14.8 Å². The van der Waals surface area contributed by atoms with Crippen LogP contribution in [0.3, 0.4) is 0 Å². The predicted octanol–water partition coefficient (Wildman–Crippen LogP) is 2.83. The third kappa shape index (κ3) is 4.36. The molecule has 1 atom stereocenters. The van der Waals surface area contributed by atoms with Gasteiger partial charge in [-0.15, -0.1) is 0 Å². The Morgan fingerprint density at radius 2 is 1.96 bits per heavy atom. The summed E-state index contributed by atoms with van der Waals surface area (Å²) in [5, 5.41) is 2.67. The molecular weight excluding hydrogens is 351 g/mol. The van der Waals surface area contributed by atoms with E-state index in [-0.39, 0.29) is 18.2 Å². The molecule has 2 aromatic rings. The number of amides is 2. The molecule has 0 radical (unpaired) electrons. The molecule has 27 heavy (non-hydrogen) atoms. The van der Waals surface area contributed by atoms with Crippen LogP contribution in [0.25, 0.3) is 0 Å². The first-order valence-electron chi connectivity index (χ1n) is 8.55. The van der Waals surface area contributed by atoms with Crippen molar-refractivity contribution in [2.24, 2.45) is 5.92 Å². The van der Waals surface area contributed by atoms with E-state index in [1.54, 1.807) is 31.3 Å². The summed E-state index contributed by atoms with van der Waals surface area (Å²) in [5.41, 5.74) is 1.26. The maximum absolute atomic E-state index is 13.2. The summed E-state index contributed by atoms with van der Waals surface area (Å²) in [7, 11) is 3.11. The number of rotatable bonds is 6. The molecule has 1 aliphatic heterocycles. The minimum Gasteiger partial charge on any atom is -0.493 e. The molecule has 0 aromatic heterocycles. The van der Waals surface area contributed by atoms with Gasteiger partial charge in [0.2, 0.25) is 11.8 Å². The molecule has 1 N–H and O–H groups in total. The smallest absolute Gasteiger partial charge is 0.229 e. The van der Waals surface area contributed by atoms with E-state index in [0.717, 1.165) is 5.56 Å². The molecule has 0 aliphatic carbocycles. The molecule has 2 aromatic carbocycles. The first kappa shape index (κ1) is 18.7. The molecule has 0 bridgehead atoms. The van der Waals surface area contributed by atoms with Gasteiger partial charge in [0.25, 0.3) is 0 Å². The normalized spacial score (nSPS) is 16.3. The fourth-order valence-corrected chi connectivity index (χ4v) is 3.11. The van der Waals surface area contributed by atoms with E-state index in [1.807, 2.05) is 12.1 Å². The molecule has 0 spiro atoms. The lowest BCUT2D eigenvalue weighted by Crippen LogP contribution is -2.28. The third-order valence-electron chi connectivity index (χ3n) is 4.50. The Morgan fingerprint density at radius 1 is 1.19 bits per heavy atom. The van der Waals surface area contributed by atoms with Crippen LogP contribution in [0.2, 0.25) is 0 Å². The minimum atomic E-state index is -0.471. The van der Waals surface area contributed by atoms with Gasteiger partial charge in [0, 0.05) is 25.2 Å². The van der Waals surface area contributed by atoms with Crippen LogP contribution in [0.5, 0.6) is 11.5 Å². The van der Waals surface area contributed by atoms with Crippen molar-refractivity contribution in [1.29, 1.82) is 0 Å². The number of methoxy groups -OCH3 is 2. The fourth-order valence-electron chi connectivity index (χ4n) is 3.11. The molecular formula is C20H21FN2O4. The number of likely N-dealkylation sites (tertiary alicyclic amines) is 1. The van der Waals surface area contributed by atoms with Gasteiger partial charge in [-0.05, 0) is 35.9 Å². The van der Waals surface area contributed by atoms with Gasteiger partial charge in [0.05, 0.1) is 20.1 Å². The maximum Gasteiger partial charge on any atom is 0.229 e. The largest absolute Gasteiger partial charge is 0.493 e. The second kappa shape index (κ2) is 8.07. The highest BCUT2D eigenvalue weighted by molar-refractivity contribution is 5.97. The zero-order chi connectivity index (χ0) is 19.4. The average molecular weight is 372 g/mol. The Balaban J connectivity index is 1.64. The van der Waals surface area contributed by atoms with Crippen molar-refractivity contribution in [3.63, 3.8) is 0 Å². The van der Waals surface area contributed by atoms with Crippen LogP contribution in [0, 0.1) is 11.7 Å². The molecule has 1 aliphatic rings. The maximum atomic E-state index is 13.2. The lowest BCUT2D eigenvalue weighted by molar-refractivity contribution is -0.128. The summed E-state index contributed by atoms with van der Waals surface area (Å²) >= 11 is 0. The molecule has 3 rings (SSSR count). The summed E-state index contributed by atoms with van der Waals surface area (Å²) < 4.78 is 23.7. The fraction of sp³-hybridized carbons (Fsp3) is 0.300. The summed E-state index contributed by atoms with van der Waals surface area (Å²) in [6.45, 7) is 0.692. The number of benzene rings is 2. The Morgan fingerprint density at radius 3 is 2.67 bits per heavy atom. The molecule has 0 saturated carbocycles. The van der Waals surface area contributed by atoms with Gasteiger partial charge in [-0.3, -0.25) is 9.59 Å². The number of hydrogen-bond acceptors (Lipinski definition) is 4. The number of nitrogens with one attached hydrogen (secondary N) is 1. The summed E-state index contributed by atoms with van der Waals surface area (Å²) in [4.78, 5) is 26.3. The highest BCUT2D eigenvalue weighted by atomic mass is 19.1. The lowest BCUT2D eigenvalue weighted by Gasteiger charge is -2.18. The van der Waals surface area contributed by atoms with Crippen molar-refractivity contribution in [2.45, 2.75) is 13.0 Å². The van der Waals surface area contributed by atoms with E-state index in [0.29, 0.717) is 30.3 Å². The van der Waals surface area contributed by atoms with E-state index in [9.17, 15) is 14.0 Å². The number of hydrogen-bond donors (Lipinski definition) is 1. The van der Waals surface area contributed by atoms with Gasteiger partial charge in [-0.25, -0.2) is 4.39 Å². The lowest BCUT2D eigenvalue weighted by atomic mass is 10.1. The molecule has 1 fully saturated rings. The van der Waals surface area contributed by atoms with Crippen LogP contribution in [0.4, 0.5) is 10.1 Å². The van der Waals surface area contributed by atoms with Crippen LogP contribution >= 0.6 is 0 Å². The van der Waals surface area contributed by atoms with Crippen molar-refractivity contribution < 1.29 is 23.5 Å². The number of ether oxygens (including phenoxy) is 2. The molecule has 1 saturated heterocycles. The van der Waals surface area contributed by atoms with Crippen LogP contribution in [0.1, 0.15) is 12.0 Å². The number of anilines is 1. The third-order valence-corrected chi connectivity index (χ3v) is 4.50. The summed E-state index contributed by atoms with van der Waals surface area (Å²) in [5.74, 6) is -0.0809. The van der Waals surface area contributed by atoms with E-state index in [2.05, 4.69) is 5.32 Å². The van der Waals surface area contributed by atoms with Gasteiger partial charge in [0.15, 0.2) is 11.5 Å². The van der Waals surface area contributed by atoms with Crippen LogP contribution in [-0.4, -0.2) is 37.5 Å². The quantitative estimate of drug-likeness (QED) is 0.847. The van der Waals surface area contributed by atoms with Crippen molar-refractivity contribution >= 4 is 17.5 Å². The standard InChI is InChI=1S/C20H21FN2O4/c1-26-17-7-6-13(8-18(17)27-2)11-23-12-14(9-19(23)24)20(25)22-16-5-3-4-15(21)10-16/h3-8,10,14H,9,11-12H2,1-2H3,(H,22,25). The highest BCUT2D eigenvalue weighted by Crippen LogP contribution is 2.29. The zero-order valence-corrected chi connectivity index (χ0v) is 15.2. The van der Waals surface area contributed by atoms with Crippen molar-refractivity contribution in [3.05, 3.63) is 53.8 Å². The van der Waals surface area contributed by atoms with Gasteiger partial charge in [0.1, 0.15) is 5.82 Å². The zero-order valence-electron chi connectivity index (χ0n) is 15.2. The average Bonchev–Trinajstić information content (AvgIpc) is 3.02. The second-order valence-electron chi connectivity index (χ2n) is 6.36. The number of carbonyl (C=O) groups is 2. The Hall–Kier alpha value is -3.09. The van der Waals surface area contributed by atoms with Crippen molar-refractivity contribution in [2.75, 3.05) is 26.1 Å². The first-order chi connectivity index (χ1) is 13.0. The number of halogens is 1. The Bertz CT molecular complexity index is 856. The van der Waals surface area contributed by atoms with Gasteiger partial charge in [-0.2, -0.15) is 0 Å². The topological polar surface area (TPSA) is 67.9 Å². The van der Waals surface area contributed by atoms with Gasteiger partial charge >= 0.3 is 0 Å². The molecule has 2 amide bonds. The predicted molar refractivity (Wildman–Crippen MR) is 98.1 cm³/mol. The number of nitrogens with zero attached hydrogens (tertiary/aromatic N) is 1. The van der Waals surface area contributed by atoms with Crippen molar-refractivity contribution in [1.82, 2.24) is 4.90 Å². The van der Waals surface area contributed by atoms with E-state index in [1.165, 1.54) is 18.2 Å². The van der Waals surface area contributed by atoms with Crippen LogP contribution in [-0.2, 0) is 16.1 Å². The van der Waals surface area contributed by atoms with Crippen LogP contribution in [0.15, 0.2) is 42.5 Å². The molecule has 142 valence electrons. The second-order valence-corrected chi connectivity index (χ2v) is 6.36. The molecule has 6 nitrogen and oxygen atoms in total. The molecule has 1 unspecified atom stereocenters. The van der Waals surface area contributed by atoms with Crippen molar-refractivity contribution in [3.8, 4) is 11.5 Å². The van der Waals surface area contributed by atoms with Gasteiger partial charge in [-0.1, -0.05) is 12.1 Å². The Kier molecular flexibility index (Phi) is 5.59. The Labute approximate surface area is 156 Å². The van der Waals surface area contributed by atoms with Gasteiger partial charge < -0.3 is 19.7 Å². The molecule has 7 heteroatoms. The van der Waals surface area contributed by atoms with E-state index in [4.69, 9.17) is 9.47 Å². The van der Waals surface area contributed by atoms with E-state index < -0.39 is 11.7 Å². The van der Waals surface area contributed by atoms with E-state index >= 15 is 0 Å². The SMILES string of the molecule is COc1ccc(CN2CC(C(=O)Nc3cccc(F)c3)CC2=O)cc1OC. The monoisotopic (exact) mass is 372 g/mol. The minimum absolute atomic E-state index is 0.0934. The highest BCUT2D eigenvalue weighted by Gasteiger charge is 2.34. The summed E-state index contributed by atoms with van der Waals surface area (Å²) in [6.07, 6.45) is 0.133. The first-order valence-corrected chi connectivity index (χ1v) is 8.55. The molecule has 1 heterocycles.